The van der Waals surface area contributed by atoms with Crippen molar-refractivity contribution >= 4 is 29.1 Å². The lowest BCUT2D eigenvalue weighted by atomic mass is 10.2. The lowest BCUT2D eigenvalue weighted by molar-refractivity contribution is -0.124. The highest BCUT2D eigenvalue weighted by Crippen LogP contribution is 2.23. The SMILES string of the molecule is COc1ccc(Cl)cc1CN(C)CC(=O)NCC(=O)Nc1ccc(F)cc1. The third kappa shape index (κ3) is 6.88. The van der Waals surface area contributed by atoms with E-state index in [9.17, 15) is 14.0 Å². The Morgan fingerprint density at radius 2 is 1.85 bits per heavy atom. The van der Waals surface area contributed by atoms with Crippen molar-refractivity contribution in [3.05, 3.63) is 58.9 Å². The van der Waals surface area contributed by atoms with Crippen LogP contribution in [0.5, 0.6) is 5.75 Å². The molecule has 2 amide bonds. The number of carbonyl (C=O) groups excluding carboxylic acids is 2. The van der Waals surface area contributed by atoms with Crippen LogP contribution in [0.4, 0.5) is 10.1 Å². The zero-order chi connectivity index (χ0) is 19.8. The van der Waals surface area contributed by atoms with Gasteiger partial charge in [0.1, 0.15) is 11.6 Å². The summed E-state index contributed by atoms with van der Waals surface area (Å²) in [6, 6.07) is 10.7. The maximum atomic E-state index is 12.8. The lowest BCUT2D eigenvalue weighted by Crippen LogP contribution is -2.39. The van der Waals surface area contributed by atoms with Gasteiger partial charge in [-0.3, -0.25) is 14.5 Å². The van der Waals surface area contributed by atoms with Gasteiger partial charge in [-0.05, 0) is 49.5 Å². The van der Waals surface area contributed by atoms with Crippen LogP contribution >= 0.6 is 11.6 Å². The predicted octanol–water partition coefficient (Wildman–Crippen LogP) is 2.67. The summed E-state index contributed by atoms with van der Waals surface area (Å²) >= 11 is 6.00. The summed E-state index contributed by atoms with van der Waals surface area (Å²) < 4.78 is 18.1. The summed E-state index contributed by atoms with van der Waals surface area (Å²) in [6.07, 6.45) is 0. The quantitative estimate of drug-likeness (QED) is 0.723. The third-order valence-electron chi connectivity index (χ3n) is 3.67. The summed E-state index contributed by atoms with van der Waals surface area (Å²) in [5.41, 5.74) is 1.31. The molecule has 0 aromatic heterocycles. The van der Waals surface area contributed by atoms with Gasteiger partial charge in [0.05, 0.1) is 20.2 Å². The van der Waals surface area contributed by atoms with Gasteiger partial charge in [-0.15, -0.1) is 0 Å². The number of likely N-dealkylation sites (N-methyl/N-ethyl adjacent to an activating group) is 1. The Morgan fingerprint density at radius 1 is 1.15 bits per heavy atom. The average Bonchev–Trinajstić information content (AvgIpc) is 2.62. The Hall–Kier alpha value is -2.64. The Kier molecular flexibility index (Phi) is 7.57. The number of hydrogen-bond acceptors (Lipinski definition) is 4. The van der Waals surface area contributed by atoms with Crippen LogP contribution in [0.3, 0.4) is 0 Å². The number of halogens is 2. The van der Waals surface area contributed by atoms with Gasteiger partial charge in [0.15, 0.2) is 0 Å². The van der Waals surface area contributed by atoms with E-state index >= 15 is 0 Å². The van der Waals surface area contributed by atoms with E-state index in [0.29, 0.717) is 23.0 Å². The molecule has 2 N–H and O–H groups in total. The molecule has 8 heteroatoms. The number of nitrogens with zero attached hydrogens (tertiary/aromatic N) is 1. The number of rotatable bonds is 8. The molecule has 0 saturated carbocycles. The predicted molar refractivity (Wildman–Crippen MR) is 102 cm³/mol. The summed E-state index contributed by atoms with van der Waals surface area (Å²) in [5.74, 6) is -0.395. The number of carbonyl (C=O) groups is 2. The molecule has 0 fully saturated rings. The molecule has 27 heavy (non-hydrogen) atoms. The van der Waals surface area contributed by atoms with Crippen LogP contribution in [0.1, 0.15) is 5.56 Å². The van der Waals surface area contributed by atoms with Crippen molar-refractivity contribution in [3.8, 4) is 5.75 Å². The second-order valence-corrected chi connectivity index (χ2v) is 6.40. The molecule has 0 aliphatic carbocycles. The molecule has 6 nitrogen and oxygen atoms in total. The largest absolute Gasteiger partial charge is 0.496 e. The van der Waals surface area contributed by atoms with Crippen LogP contribution < -0.4 is 15.4 Å². The molecule has 0 saturated heterocycles. The Labute approximate surface area is 162 Å². The maximum absolute atomic E-state index is 12.8. The molecule has 0 aliphatic heterocycles. The minimum atomic E-state index is -0.394. The van der Waals surface area contributed by atoms with Gasteiger partial charge in [-0.1, -0.05) is 11.6 Å². The number of benzene rings is 2. The number of amides is 2. The van der Waals surface area contributed by atoms with Crippen LogP contribution in [-0.4, -0.2) is 44.0 Å². The van der Waals surface area contributed by atoms with E-state index < -0.39 is 5.91 Å². The zero-order valence-electron chi connectivity index (χ0n) is 15.1. The van der Waals surface area contributed by atoms with Crippen LogP contribution in [0, 0.1) is 5.82 Å². The molecule has 0 radical (unpaired) electrons. The molecular formula is C19H21ClFN3O3. The van der Waals surface area contributed by atoms with Crippen molar-refractivity contribution in [1.82, 2.24) is 10.2 Å². The van der Waals surface area contributed by atoms with Gasteiger partial charge in [0.25, 0.3) is 0 Å². The van der Waals surface area contributed by atoms with Crippen molar-refractivity contribution < 1.29 is 18.7 Å². The summed E-state index contributed by atoms with van der Waals surface area (Å²) in [6.45, 7) is 0.378. The fourth-order valence-electron chi connectivity index (χ4n) is 2.44. The zero-order valence-corrected chi connectivity index (χ0v) is 15.8. The second-order valence-electron chi connectivity index (χ2n) is 5.96. The van der Waals surface area contributed by atoms with Gasteiger partial charge in [-0.25, -0.2) is 4.39 Å². The first-order valence-corrected chi connectivity index (χ1v) is 8.58. The van der Waals surface area contributed by atoms with Crippen molar-refractivity contribution in [2.24, 2.45) is 0 Å². The Bertz CT molecular complexity index is 799. The fourth-order valence-corrected chi connectivity index (χ4v) is 2.63. The van der Waals surface area contributed by atoms with Gasteiger partial charge in [-0.2, -0.15) is 0 Å². The first-order valence-electron chi connectivity index (χ1n) is 8.20. The van der Waals surface area contributed by atoms with Gasteiger partial charge < -0.3 is 15.4 Å². The first-order chi connectivity index (χ1) is 12.9. The van der Waals surface area contributed by atoms with Crippen LogP contribution in [0.25, 0.3) is 0 Å². The lowest BCUT2D eigenvalue weighted by Gasteiger charge is -2.18. The monoisotopic (exact) mass is 393 g/mol. The molecule has 2 aromatic carbocycles. The minimum Gasteiger partial charge on any atom is -0.496 e. The van der Waals surface area contributed by atoms with Crippen LogP contribution in [0.2, 0.25) is 5.02 Å². The number of ether oxygens (including phenoxy) is 1. The van der Waals surface area contributed by atoms with Crippen LogP contribution in [-0.2, 0) is 16.1 Å². The molecule has 0 atom stereocenters. The topological polar surface area (TPSA) is 70.7 Å². The highest BCUT2D eigenvalue weighted by Gasteiger charge is 2.12. The third-order valence-corrected chi connectivity index (χ3v) is 3.91. The Morgan fingerprint density at radius 3 is 2.52 bits per heavy atom. The summed E-state index contributed by atoms with van der Waals surface area (Å²) in [4.78, 5) is 25.6. The fraction of sp³-hybridized carbons (Fsp3) is 0.263. The van der Waals surface area contributed by atoms with Crippen molar-refractivity contribution in [2.75, 3.05) is 32.6 Å². The molecule has 0 aliphatic rings. The van der Waals surface area contributed by atoms with Crippen molar-refractivity contribution in [2.45, 2.75) is 6.54 Å². The molecular weight excluding hydrogens is 373 g/mol. The van der Waals surface area contributed by atoms with E-state index in [1.54, 1.807) is 37.3 Å². The normalized spacial score (nSPS) is 10.6. The summed E-state index contributed by atoms with van der Waals surface area (Å²) in [7, 11) is 3.34. The number of nitrogens with one attached hydrogen (secondary N) is 2. The van der Waals surface area contributed by atoms with E-state index in [-0.39, 0.29) is 24.8 Å². The van der Waals surface area contributed by atoms with Gasteiger partial charge in [0, 0.05) is 22.8 Å². The van der Waals surface area contributed by atoms with E-state index in [2.05, 4.69) is 10.6 Å². The Balaban J connectivity index is 1.78. The van der Waals surface area contributed by atoms with Crippen molar-refractivity contribution in [3.63, 3.8) is 0 Å². The maximum Gasteiger partial charge on any atom is 0.243 e. The standard InChI is InChI=1S/C19H21ClFN3O3/c1-24(11-13-9-14(20)3-8-17(13)27-2)12-19(26)22-10-18(25)23-16-6-4-15(21)5-7-16/h3-9H,10-12H2,1-2H3,(H,22,26)(H,23,25). The molecule has 2 rings (SSSR count). The molecule has 0 bridgehead atoms. The molecule has 144 valence electrons. The van der Waals surface area contributed by atoms with Gasteiger partial charge in [0.2, 0.25) is 11.8 Å². The number of anilines is 1. The second kappa shape index (κ2) is 9.89. The van der Waals surface area contributed by atoms with Crippen LogP contribution in [0.15, 0.2) is 42.5 Å². The molecule has 0 unspecified atom stereocenters. The number of hydrogen-bond donors (Lipinski definition) is 2. The van der Waals surface area contributed by atoms with E-state index in [1.165, 1.54) is 24.3 Å². The first kappa shape index (κ1) is 20.7. The minimum absolute atomic E-state index is 0.0967. The molecule has 0 heterocycles. The van der Waals surface area contributed by atoms with Crippen molar-refractivity contribution in [1.29, 1.82) is 0 Å². The number of methoxy groups -OCH3 is 1. The molecule has 0 spiro atoms. The highest BCUT2D eigenvalue weighted by molar-refractivity contribution is 6.30. The average molecular weight is 394 g/mol. The molecule has 2 aromatic rings. The smallest absolute Gasteiger partial charge is 0.243 e. The van der Waals surface area contributed by atoms with Gasteiger partial charge >= 0.3 is 0 Å². The van der Waals surface area contributed by atoms with E-state index in [0.717, 1.165) is 5.56 Å². The summed E-state index contributed by atoms with van der Waals surface area (Å²) in [5, 5.41) is 5.70. The van der Waals surface area contributed by atoms with E-state index in [1.807, 2.05) is 0 Å². The van der Waals surface area contributed by atoms with E-state index in [4.69, 9.17) is 16.3 Å². The highest BCUT2D eigenvalue weighted by atomic mass is 35.5.